The molecule has 2 aromatic rings. The van der Waals surface area contributed by atoms with Crippen LogP contribution in [0.1, 0.15) is 5.82 Å². The van der Waals surface area contributed by atoms with E-state index in [0.717, 1.165) is 0 Å². The number of aliphatic hydroxyl groups excluding tert-OH is 1. The molecule has 0 bridgehead atoms. The van der Waals surface area contributed by atoms with Crippen LogP contribution >= 0.6 is 0 Å². The second-order valence-electron chi connectivity index (χ2n) is 6.42. The summed E-state index contributed by atoms with van der Waals surface area (Å²) in [6, 6.07) is 6.70. The van der Waals surface area contributed by atoms with Crippen LogP contribution in [0, 0.1) is 22.9 Å². The molecule has 0 radical (unpaired) electrons. The van der Waals surface area contributed by atoms with Gasteiger partial charge in [0.2, 0.25) is 0 Å². The van der Waals surface area contributed by atoms with E-state index in [1.807, 2.05) is 11.0 Å². The van der Waals surface area contributed by atoms with Crippen molar-refractivity contribution in [2.24, 2.45) is 0 Å². The van der Waals surface area contributed by atoms with Crippen molar-refractivity contribution in [2.45, 2.75) is 19.6 Å². The van der Waals surface area contributed by atoms with E-state index in [0.29, 0.717) is 44.2 Å². The summed E-state index contributed by atoms with van der Waals surface area (Å²) in [4.78, 5) is 18.5. The van der Waals surface area contributed by atoms with Gasteiger partial charge in [0.25, 0.3) is 0 Å². The van der Waals surface area contributed by atoms with Crippen LogP contribution in [0.25, 0.3) is 0 Å². The van der Waals surface area contributed by atoms with E-state index in [9.17, 15) is 19.6 Å². The maximum Gasteiger partial charge on any atom is 0.342 e. The van der Waals surface area contributed by atoms with Gasteiger partial charge in [-0.3, -0.25) is 4.90 Å². The van der Waals surface area contributed by atoms with Gasteiger partial charge in [-0.15, -0.1) is 0 Å². The number of aryl methyl sites for hydroxylation is 1. The van der Waals surface area contributed by atoms with Gasteiger partial charge in [0, 0.05) is 39.6 Å². The van der Waals surface area contributed by atoms with Gasteiger partial charge in [-0.2, -0.15) is 0 Å². The lowest BCUT2D eigenvalue weighted by Gasteiger charge is -2.36. The SMILES string of the molecule is Cc1ncc([N+](=O)[O-])n1CC(O)CN1CCN(c2ccccc2F)CC1. The third kappa shape index (κ3) is 4.00. The van der Waals surface area contributed by atoms with Crippen molar-refractivity contribution in [3.8, 4) is 0 Å². The van der Waals surface area contributed by atoms with Gasteiger partial charge in [-0.05, 0) is 17.1 Å². The van der Waals surface area contributed by atoms with Crippen molar-refractivity contribution in [1.29, 1.82) is 0 Å². The van der Waals surface area contributed by atoms with Crippen molar-refractivity contribution in [2.75, 3.05) is 37.6 Å². The maximum atomic E-state index is 13.9. The van der Waals surface area contributed by atoms with Crippen LogP contribution in [0.4, 0.5) is 15.9 Å². The second kappa shape index (κ2) is 7.79. The second-order valence-corrected chi connectivity index (χ2v) is 6.42. The number of anilines is 1. The Morgan fingerprint density at radius 1 is 1.27 bits per heavy atom. The molecule has 0 aliphatic carbocycles. The number of hydrogen-bond donors (Lipinski definition) is 1. The number of piperazine rings is 1. The number of halogens is 1. The lowest BCUT2D eigenvalue weighted by atomic mass is 10.2. The molecule has 2 heterocycles. The smallest absolute Gasteiger partial charge is 0.342 e. The summed E-state index contributed by atoms with van der Waals surface area (Å²) in [5, 5.41) is 21.4. The number of hydrogen-bond acceptors (Lipinski definition) is 6. The molecule has 0 spiro atoms. The Hall–Kier alpha value is -2.52. The van der Waals surface area contributed by atoms with Crippen LogP contribution in [-0.2, 0) is 6.54 Å². The molecule has 1 aromatic heterocycles. The molecule has 1 fully saturated rings. The Bertz CT molecular complexity index is 774. The number of aromatic nitrogens is 2. The van der Waals surface area contributed by atoms with E-state index in [1.165, 1.54) is 16.8 Å². The fraction of sp³-hybridized carbons (Fsp3) is 0.471. The molecule has 26 heavy (non-hydrogen) atoms. The Morgan fingerprint density at radius 3 is 2.62 bits per heavy atom. The van der Waals surface area contributed by atoms with E-state index in [2.05, 4.69) is 9.88 Å². The fourth-order valence-corrected chi connectivity index (χ4v) is 3.27. The minimum atomic E-state index is -0.749. The van der Waals surface area contributed by atoms with Crippen LogP contribution in [0.5, 0.6) is 0 Å². The first kappa shape index (κ1) is 18.3. The fourth-order valence-electron chi connectivity index (χ4n) is 3.27. The van der Waals surface area contributed by atoms with Crippen molar-refractivity contribution >= 4 is 11.5 Å². The van der Waals surface area contributed by atoms with Gasteiger partial charge < -0.3 is 20.1 Å². The number of nitro groups is 1. The minimum absolute atomic E-state index is 0.120. The zero-order valence-electron chi connectivity index (χ0n) is 14.6. The monoisotopic (exact) mass is 363 g/mol. The zero-order chi connectivity index (χ0) is 18.7. The van der Waals surface area contributed by atoms with Gasteiger partial charge >= 0.3 is 5.82 Å². The van der Waals surface area contributed by atoms with E-state index in [1.54, 1.807) is 19.1 Å². The van der Waals surface area contributed by atoms with Gasteiger partial charge in [0.15, 0.2) is 5.82 Å². The lowest BCUT2D eigenvalue weighted by molar-refractivity contribution is -0.392. The third-order valence-corrected chi connectivity index (χ3v) is 4.65. The number of rotatable bonds is 6. The van der Waals surface area contributed by atoms with Gasteiger partial charge in [-0.25, -0.2) is 13.9 Å². The molecule has 140 valence electrons. The Morgan fingerprint density at radius 2 is 1.96 bits per heavy atom. The number of benzene rings is 1. The van der Waals surface area contributed by atoms with Crippen molar-refractivity contribution < 1.29 is 14.4 Å². The molecule has 1 saturated heterocycles. The highest BCUT2D eigenvalue weighted by Gasteiger charge is 2.24. The van der Waals surface area contributed by atoms with Crippen LogP contribution in [0.15, 0.2) is 30.5 Å². The summed E-state index contributed by atoms with van der Waals surface area (Å²) in [6.45, 7) is 4.91. The van der Waals surface area contributed by atoms with Crippen molar-refractivity contribution in [1.82, 2.24) is 14.5 Å². The molecule has 1 atom stereocenters. The molecule has 1 N–H and O–H groups in total. The summed E-state index contributed by atoms with van der Waals surface area (Å²) in [7, 11) is 0. The minimum Gasteiger partial charge on any atom is -0.388 e. The molecule has 1 aliphatic rings. The molecular weight excluding hydrogens is 341 g/mol. The first-order chi connectivity index (χ1) is 12.5. The molecule has 1 aromatic carbocycles. The maximum absolute atomic E-state index is 13.9. The molecule has 8 nitrogen and oxygen atoms in total. The molecule has 0 saturated carbocycles. The van der Waals surface area contributed by atoms with E-state index < -0.39 is 11.0 Å². The van der Waals surface area contributed by atoms with Crippen LogP contribution in [-0.4, -0.2) is 63.3 Å². The number of para-hydroxylation sites is 1. The number of nitrogens with zero attached hydrogens (tertiary/aromatic N) is 5. The Balaban J connectivity index is 1.54. The number of imidazole rings is 1. The van der Waals surface area contributed by atoms with Crippen LogP contribution < -0.4 is 4.90 Å². The predicted molar refractivity (Wildman–Crippen MR) is 94.7 cm³/mol. The van der Waals surface area contributed by atoms with Gasteiger partial charge in [0.05, 0.1) is 5.69 Å². The highest BCUT2D eigenvalue weighted by Crippen LogP contribution is 2.20. The zero-order valence-corrected chi connectivity index (χ0v) is 14.6. The molecule has 3 rings (SSSR count). The van der Waals surface area contributed by atoms with Crippen molar-refractivity contribution in [3.05, 3.63) is 52.2 Å². The summed E-state index contributed by atoms with van der Waals surface area (Å²) >= 11 is 0. The molecular formula is C17H22FN5O3. The van der Waals surface area contributed by atoms with E-state index in [-0.39, 0.29) is 18.2 Å². The average molecular weight is 363 g/mol. The van der Waals surface area contributed by atoms with E-state index in [4.69, 9.17) is 0 Å². The van der Waals surface area contributed by atoms with Gasteiger partial charge in [0.1, 0.15) is 24.7 Å². The van der Waals surface area contributed by atoms with Gasteiger partial charge in [-0.1, -0.05) is 12.1 Å². The van der Waals surface area contributed by atoms with Crippen LogP contribution in [0.3, 0.4) is 0 Å². The highest BCUT2D eigenvalue weighted by molar-refractivity contribution is 5.47. The normalized spacial score (nSPS) is 16.7. The Labute approximate surface area is 150 Å². The lowest BCUT2D eigenvalue weighted by Crippen LogP contribution is -2.49. The summed E-state index contributed by atoms with van der Waals surface area (Å²) < 4.78 is 15.3. The standard InChI is InChI=1S/C17H22FN5O3/c1-13-19-10-17(23(25)26)22(13)12-14(24)11-20-6-8-21(9-7-20)16-5-3-2-4-15(16)18/h2-5,10,14,24H,6-9,11-12H2,1H3. The summed E-state index contributed by atoms with van der Waals surface area (Å²) in [5.41, 5.74) is 0.595. The Kier molecular flexibility index (Phi) is 5.48. The first-order valence-corrected chi connectivity index (χ1v) is 8.52. The van der Waals surface area contributed by atoms with Crippen LogP contribution in [0.2, 0.25) is 0 Å². The summed E-state index contributed by atoms with van der Waals surface area (Å²) in [6.07, 6.45) is 0.455. The molecule has 1 aliphatic heterocycles. The first-order valence-electron chi connectivity index (χ1n) is 8.52. The molecule has 1 unspecified atom stereocenters. The largest absolute Gasteiger partial charge is 0.388 e. The van der Waals surface area contributed by atoms with E-state index >= 15 is 0 Å². The van der Waals surface area contributed by atoms with Crippen molar-refractivity contribution in [3.63, 3.8) is 0 Å². The third-order valence-electron chi connectivity index (χ3n) is 4.65. The number of aliphatic hydroxyl groups is 1. The molecule has 9 heteroatoms. The summed E-state index contributed by atoms with van der Waals surface area (Å²) in [5.74, 6) is 0.148. The average Bonchev–Trinajstić information content (AvgIpc) is 2.97. The molecule has 0 amide bonds. The highest BCUT2D eigenvalue weighted by atomic mass is 19.1. The topological polar surface area (TPSA) is 87.7 Å². The predicted octanol–water partition coefficient (Wildman–Crippen LogP) is 1.42. The quantitative estimate of drug-likeness (QED) is 0.617. The number of β-amino-alcohol motifs (C(OH)–C–C–N with tert-alkyl or cyclic N) is 1.